The molecular weight excluding hydrogens is 250 g/mol. The molecule has 2 aromatic heterocycles. The summed E-state index contributed by atoms with van der Waals surface area (Å²) in [5.74, 6) is 0.118. The Labute approximate surface area is 118 Å². The maximum absolute atomic E-state index is 5.39. The van der Waals surface area contributed by atoms with Gasteiger partial charge in [-0.25, -0.2) is 0 Å². The number of aromatic nitrogens is 2. The van der Waals surface area contributed by atoms with E-state index in [9.17, 15) is 0 Å². The van der Waals surface area contributed by atoms with Gasteiger partial charge in [-0.3, -0.25) is 15.0 Å². The molecule has 0 fully saturated rings. The van der Waals surface area contributed by atoms with Crippen LogP contribution in [0.25, 0.3) is 11.4 Å². The van der Waals surface area contributed by atoms with Crippen LogP contribution in [0.15, 0.2) is 41.7 Å². The maximum atomic E-state index is 5.39. The molecule has 2 heterocycles. The van der Waals surface area contributed by atoms with Crippen molar-refractivity contribution in [2.75, 3.05) is 0 Å². The van der Waals surface area contributed by atoms with E-state index in [1.54, 1.807) is 12.4 Å². The molecule has 104 valence electrons. The molecule has 4 N–H and O–H groups in total. The summed E-state index contributed by atoms with van der Waals surface area (Å²) in [4.78, 5) is 12.8. The summed E-state index contributed by atoms with van der Waals surface area (Å²) in [5, 5.41) is 0. The van der Waals surface area contributed by atoms with Gasteiger partial charge in [0.1, 0.15) is 0 Å². The second-order valence-corrected chi connectivity index (χ2v) is 4.87. The van der Waals surface area contributed by atoms with E-state index in [4.69, 9.17) is 11.5 Å². The van der Waals surface area contributed by atoms with Crippen molar-refractivity contribution in [1.29, 1.82) is 0 Å². The highest BCUT2D eigenvalue weighted by Gasteiger charge is 2.06. The fourth-order valence-corrected chi connectivity index (χ4v) is 2.06. The zero-order valence-corrected chi connectivity index (χ0v) is 11.7. The van der Waals surface area contributed by atoms with Gasteiger partial charge in [0.15, 0.2) is 5.96 Å². The minimum atomic E-state index is 0.0423. The Morgan fingerprint density at radius 2 is 1.80 bits per heavy atom. The van der Waals surface area contributed by atoms with Crippen molar-refractivity contribution in [3.8, 4) is 11.4 Å². The first kappa shape index (κ1) is 14.0. The number of aryl methyl sites for hydroxylation is 1. The number of nitrogens with zero attached hydrogens (tertiary/aromatic N) is 3. The lowest BCUT2D eigenvalue weighted by atomic mass is 10.1. The van der Waals surface area contributed by atoms with Crippen molar-refractivity contribution in [3.63, 3.8) is 0 Å². The normalized spacial score (nSPS) is 11.9. The van der Waals surface area contributed by atoms with Crippen LogP contribution in [0.3, 0.4) is 0 Å². The van der Waals surface area contributed by atoms with Gasteiger partial charge in [0, 0.05) is 12.4 Å². The van der Waals surface area contributed by atoms with Crippen molar-refractivity contribution in [2.45, 2.75) is 26.3 Å². The molecule has 20 heavy (non-hydrogen) atoms. The van der Waals surface area contributed by atoms with E-state index < -0.39 is 0 Å². The number of rotatable bonds is 4. The van der Waals surface area contributed by atoms with Crippen LogP contribution in [0.1, 0.15) is 18.1 Å². The van der Waals surface area contributed by atoms with Gasteiger partial charge >= 0.3 is 0 Å². The number of aliphatic imine (C=N–C) groups is 1. The van der Waals surface area contributed by atoms with Gasteiger partial charge in [0.2, 0.25) is 0 Å². The largest absolute Gasteiger partial charge is 0.370 e. The monoisotopic (exact) mass is 269 g/mol. The Kier molecular flexibility index (Phi) is 4.30. The van der Waals surface area contributed by atoms with Crippen molar-refractivity contribution in [3.05, 3.63) is 47.8 Å². The number of hydrogen-bond donors (Lipinski definition) is 2. The average Bonchev–Trinajstić information content (AvgIpc) is 2.38. The van der Waals surface area contributed by atoms with Gasteiger partial charge < -0.3 is 11.5 Å². The van der Waals surface area contributed by atoms with Gasteiger partial charge in [0.25, 0.3) is 0 Å². The minimum Gasteiger partial charge on any atom is -0.370 e. The molecule has 0 aliphatic heterocycles. The Balaban J connectivity index is 2.22. The Morgan fingerprint density at radius 1 is 1.15 bits per heavy atom. The van der Waals surface area contributed by atoms with Crippen LogP contribution < -0.4 is 11.5 Å². The molecule has 1 unspecified atom stereocenters. The highest BCUT2D eigenvalue weighted by Crippen LogP contribution is 2.17. The molecule has 0 saturated carbocycles. The molecule has 0 amide bonds. The molecule has 0 aliphatic carbocycles. The summed E-state index contributed by atoms with van der Waals surface area (Å²) in [6.45, 7) is 4.01. The molecule has 2 aromatic rings. The molecule has 0 saturated heterocycles. The number of hydrogen-bond acceptors (Lipinski definition) is 3. The highest BCUT2D eigenvalue weighted by molar-refractivity contribution is 5.75. The van der Waals surface area contributed by atoms with Crippen LogP contribution in [0, 0.1) is 6.92 Å². The third kappa shape index (κ3) is 3.78. The van der Waals surface area contributed by atoms with Gasteiger partial charge in [0.05, 0.1) is 17.4 Å². The topological polar surface area (TPSA) is 90.2 Å². The second-order valence-electron chi connectivity index (χ2n) is 4.87. The third-order valence-electron chi connectivity index (χ3n) is 2.90. The third-order valence-corrected chi connectivity index (χ3v) is 2.90. The van der Waals surface area contributed by atoms with Crippen LogP contribution in [-0.2, 0) is 6.42 Å². The van der Waals surface area contributed by atoms with E-state index in [1.165, 1.54) is 0 Å². The molecule has 0 radical (unpaired) electrons. The Hall–Kier alpha value is -2.43. The SMILES string of the molecule is Cc1ccnc(-c2cc(CC(C)N=C(N)N)ccn2)c1. The number of nitrogens with two attached hydrogens (primary N) is 2. The fraction of sp³-hybridized carbons (Fsp3) is 0.267. The lowest BCUT2D eigenvalue weighted by molar-refractivity contribution is 0.737. The first-order valence-electron chi connectivity index (χ1n) is 6.51. The van der Waals surface area contributed by atoms with E-state index in [2.05, 4.69) is 15.0 Å². The molecule has 0 spiro atoms. The van der Waals surface area contributed by atoms with Crippen LogP contribution >= 0.6 is 0 Å². The summed E-state index contributed by atoms with van der Waals surface area (Å²) in [6, 6.07) is 8.03. The van der Waals surface area contributed by atoms with E-state index in [1.807, 2.05) is 38.1 Å². The van der Waals surface area contributed by atoms with Gasteiger partial charge in [-0.15, -0.1) is 0 Å². The second kappa shape index (κ2) is 6.14. The van der Waals surface area contributed by atoms with Crippen molar-refractivity contribution >= 4 is 5.96 Å². The smallest absolute Gasteiger partial charge is 0.186 e. The zero-order valence-electron chi connectivity index (χ0n) is 11.7. The number of guanidine groups is 1. The summed E-state index contributed by atoms with van der Waals surface area (Å²) in [6.07, 6.45) is 4.34. The molecule has 2 rings (SSSR count). The Morgan fingerprint density at radius 3 is 2.45 bits per heavy atom. The fourth-order valence-electron chi connectivity index (χ4n) is 2.06. The number of pyridine rings is 2. The van der Waals surface area contributed by atoms with E-state index in [0.717, 1.165) is 28.9 Å². The molecule has 5 nitrogen and oxygen atoms in total. The van der Waals surface area contributed by atoms with Crippen molar-refractivity contribution < 1.29 is 0 Å². The first-order valence-corrected chi connectivity index (χ1v) is 6.51. The lowest BCUT2D eigenvalue weighted by Gasteiger charge is -2.08. The average molecular weight is 269 g/mol. The van der Waals surface area contributed by atoms with E-state index in [0.29, 0.717) is 0 Å². The first-order chi connectivity index (χ1) is 9.54. The molecule has 0 bridgehead atoms. The molecule has 0 aliphatic rings. The van der Waals surface area contributed by atoms with Crippen molar-refractivity contribution in [1.82, 2.24) is 9.97 Å². The molecule has 5 heteroatoms. The molecule has 1 atom stereocenters. The van der Waals surface area contributed by atoms with Crippen LogP contribution in [0.2, 0.25) is 0 Å². The van der Waals surface area contributed by atoms with Gasteiger partial charge in [-0.2, -0.15) is 0 Å². The summed E-state index contributed by atoms with van der Waals surface area (Å²) in [5.41, 5.74) is 14.8. The predicted octanol–water partition coefficient (Wildman–Crippen LogP) is 1.66. The Bertz CT molecular complexity index is 617. The quantitative estimate of drug-likeness (QED) is 0.652. The van der Waals surface area contributed by atoms with E-state index >= 15 is 0 Å². The zero-order chi connectivity index (χ0) is 14.5. The summed E-state index contributed by atoms with van der Waals surface area (Å²) < 4.78 is 0. The standard InChI is InChI=1S/C15H19N5/c1-10-3-5-18-13(7-10)14-9-12(4-6-19-14)8-11(2)20-15(16)17/h3-7,9,11H,8H2,1-2H3,(H4,16,17,20). The maximum Gasteiger partial charge on any atom is 0.186 e. The van der Waals surface area contributed by atoms with Gasteiger partial charge in [-0.05, 0) is 55.7 Å². The molecular formula is C15H19N5. The summed E-state index contributed by atoms with van der Waals surface area (Å²) >= 11 is 0. The summed E-state index contributed by atoms with van der Waals surface area (Å²) in [7, 11) is 0. The minimum absolute atomic E-state index is 0.0423. The lowest BCUT2D eigenvalue weighted by Crippen LogP contribution is -2.25. The van der Waals surface area contributed by atoms with Gasteiger partial charge in [-0.1, -0.05) is 0 Å². The van der Waals surface area contributed by atoms with Crippen LogP contribution in [0.5, 0.6) is 0 Å². The highest BCUT2D eigenvalue weighted by atomic mass is 15.0. The predicted molar refractivity (Wildman–Crippen MR) is 81.2 cm³/mol. The van der Waals surface area contributed by atoms with Crippen LogP contribution in [-0.4, -0.2) is 22.0 Å². The molecule has 0 aromatic carbocycles. The van der Waals surface area contributed by atoms with Crippen LogP contribution in [0.4, 0.5) is 0 Å². The van der Waals surface area contributed by atoms with E-state index in [-0.39, 0.29) is 12.0 Å². The van der Waals surface area contributed by atoms with Crippen molar-refractivity contribution in [2.24, 2.45) is 16.5 Å².